The number of nitrogens with one attached hydrogen (secondary N) is 1. The summed E-state index contributed by atoms with van der Waals surface area (Å²) in [4.78, 5) is 24.0. The highest BCUT2D eigenvalue weighted by Crippen LogP contribution is 2.31. The van der Waals surface area contributed by atoms with Crippen LogP contribution in [0.3, 0.4) is 0 Å². The average Bonchev–Trinajstić information content (AvgIpc) is 2.57. The molecule has 2 aromatic carbocycles. The Labute approximate surface area is 143 Å². The van der Waals surface area contributed by atoms with Crippen LogP contribution in [0.2, 0.25) is 5.02 Å². The Bertz CT molecular complexity index is 835. The Kier molecular flexibility index (Phi) is 4.53. The summed E-state index contributed by atoms with van der Waals surface area (Å²) in [5.74, 6) is -0.982. The van der Waals surface area contributed by atoms with Crippen molar-refractivity contribution >= 4 is 29.0 Å². The van der Waals surface area contributed by atoms with Crippen LogP contribution in [0.15, 0.2) is 30.3 Å². The standard InChI is InChI=1S/C18H15ClFNO3/c1-2-3-10-4-6-12(19)16(17(10)20)18(23)11-5-7-13-14(8-11)24-9-15(22)21-13/h4-8H,2-3,9H2,1H3,(H,21,22). The van der Waals surface area contributed by atoms with Gasteiger partial charge in [-0.1, -0.05) is 31.0 Å². The molecular weight excluding hydrogens is 333 g/mol. The van der Waals surface area contributed by atoms with E-state index in [0.717, 1.165) is 6.42 Å². The zero-order valence-electron chi connectivity index (χ0n) is 13.0. The number of benzene rings is 2. The topological polar surface area (TPSA) is 55.4 Å². The van der Waals surface area contributed by atoms with Gasteiger partial charge in [-0.05, 0) is 36.2 Å². The lowest BCUT2D eigenvalue weighted by Gasteiger charge is -2.18. The van der Waals surface area contributed by atoms with Gasteiger partial charge in [0.25, 0.3) is 5.91 Å². The van der Waals surface area contributed by atoms with Gasteiger partial charge in [-0.25, -0.2) is 4.39 Å². The van der Waals surface area contributed by atoms with Crippen LogP contribution < -0.4 is 10.1 Å². The summed E-state index contributed by atoms with van der Waals surface area (Å²) < 4.78 is 19.9. The molecule has 0 bridgehead atoms. The molecule has 1 heterocycles. The highest BCUT2D eigenvalue weighted by molar-refractivity contribution is 6.35. The van der Waals surface area contributed by atoms with Crippen molar-refractivity contribution in [1.29, 1.82) is 0 Å². The maximum absolute atomic E-state index is 14.7. The zero-order valence-corrected chi connectivity index (χ0v) is 13.7. The van der Waals surface area contributed by atoms with Gasteiger partial charge >= 0.3 is 0 Å². The number of anilines is 1. The number of hydrogen-bond donors (Lipinski definition) is 1. The molecule has 4 nitrogen and oxygen atoms in total. The normalized spacial score (nSPS) is 13.0. The highest BCUT2D eigenvalue weighted by Gasteiger charge is 2.23. The molecule has 6 heteroatoms. The largest absolute Gasteiger partial charge is 0.482 e. The third-order valence-corrected chi connectivity index (χ3v) is 4.11. The van der Waals surface area contributed by atoms with Gasteiger partial charge in [0, 0.05) is 5.56 Å². The number of ether oxygens (including phenoxy) is 1. The van der Waals surface area contributed by atoms with E-state index in [1.165, 1.54) is 18.2 Å². The molecule has 0 unspecified atom stereocenters. The molecule has 1 aliphatic rings. The van der Waals surface area contributed by atoms with Crippen LogP contribution in [0.1, 0.15) is 34.8 Å². The Hall–Kier alpha value is -2.40. The Balaban J connectivity index is 2.01. The number of fused-ring (bicyclic) bond motifs is 1. The molecule has 0 fully saturated rings. The third kappa shape index (κ3) is 2.99. The monoisotopic (exact) mass is 347 g/mol. The molecule has 1 amide bonds. The molecule has 3 rings (SSSR count). The number of ketones is 1. The molecule has 124 valence electrons. The second-order valence-corrected chi connectivity index (χ2v) is 5.93. The summed E-state index contributed by atoms with van der Waals surface area (Å²) in [5.41, 5.74) is 1.06. The van der Waals surface area contributed by atoms with E-state index >= 15 is 0 Å². The molecule has 2 aromatic rings. The third-order valence-electron chi connectivity index (χ3n) is 3.79. The smallest absolute Gasteiger partial charge is 0.262 e. The molecule has 0 spiro atoms. The van der Waals surface area contributed by atoms with Crippen molar-refractivity contribution in [2.24, 2.45) is 0 Å². The van der Waals surface area contributed by atoms with Crippen molar-refractivity contribution < 1.29 is 18.7 Å². The number of amides is 1. The van der Waals surface area contributed by atoms with Crippen LogP contribution in [0.5, 0.6) is 5.75 Å². The van der Waals surface area contributed by atoms with E-state index in [4.69, 9.17) is 16.3 Å². The van der Waals surface area contributed by atoms with E-state index in [1.54, 1.807) is 12.1 Å². The number of carbonyl (C=O) groups excluding carboxylic acids is 2. The molecule has 0 saturated carbocycles. The zero-order chi connectivity index (χ0) is 17.3. The van der Waals surface area contributed by atoms with Crippen LogP contribution >= 0.6 is 11.6 Å². The van der Waals surface area contributed by atoms with E-state index in [-0.39, 0.29) is 28.7 Å². The Morgan fingerprint density at radius 1 is 1.33 bits per heavy atom. The van der Waals surface area contributed by atoms with Crippen molar-refractivity contribution in [2.45, 2.75) is 19.8 Å². The highest BCUT2D eigenvalue weighted by atomic mass is 35.5. The minimum absolute atomic E-state index is 0.0734. The van der Waals surface area contributed by atoms with Gasteiger partial charge in [0.2, 0.25) is 0 Å². The predicted octanol–water partition coefficient (Wildman–Crippen LogP) is 3.99. The van der Waals surface area contributed by atoms with Gasteiger partial charge in [-0.15, -0.1) is 0 Å². The summed E-state index contributed by atoms with van der Waals surface area (Å²) in [6.07, 6.45) is 1.29. The lowest BCUT2D eigenvalue weighted by molar-refractivity contribution is -0.118. The van der Waals surface area contributed by atoms with E-state index in [1.807, 2.05) is 6.92 Å². The summed E-state index contributed by atoms with van der Waals surface area (Å²) in [7, 11) is 0. The molecule has 0 atom stereocenters. The van der Waals surface area contributed by atoms with Crippen LogP contribution in [0.4, 0.5) is 10.1 Å². The molecule has 0 radical (unpaired) electrons. The number of halogens is 2. The maximum Gasteiger partial charge on any atom is 0.262 e. The van der Waals surface area contributed by atoms with Gasteiger partial charge in [0.05, 0.1) is 16.3 Å². The molecular formula is C18H15ClFNO3. The molecule has 0 aromatic heterocycles. The fourth-order valence-electron chi connectivity index (χ4n) is 2.63. The fraction of sp³-hybridized carbons (Fsp3) is 0.222. The summed E-state index contributed by atoms with van der Waals surface area (Å²) >= 11 is 6.06. The first-order chi connectivity index (χ1) is 11.5. The number of carbonyl (C=O) groups is 2. The van der Waals surface area contributed by atoms with E-state index in [0.29, 0.717) is 23.4 Å². The average molecular weight is 348 g/mol. The quantitative estimate of drug-likeness (QED) is 0.851. The molecule has 1 N–H and O–H groups in total. The second kappa shape index (κ2) is 6.61. The van der Waals surface area contributed by atoms with Crippen molar-refractivity contribution in [2.75, 3.05) is 11.9 Å². The summed E-state index contributed by atoms with van der Waals surface area (Å²) in [6.45, 7) is 1.82. The van der Waals surface area contributed by atoms with Crippen molar-refractivity contribution in [3.8, 4) is 5.75 Å². The first-order valence-electron chi connectivity index (χ1n) is 7.59. The first-order valence-corrected chi connectivity index (χ1v) is 7.97. The second-order valence-electron chi connectivity index (χ2n) is 5.52. The number of rotatable bonds is 4. The van der Waals surface area contributed by atoms with E-state index in [2.05, 4.69) is 5.32 Å². The minimum atomic E-state index is -0.582. The molecule has 1 aliphatic heterocycles. The lowest BCUT2D eigenvalue weighted by atomic mass is 9.98. The predicted molar refractivity (Wildman–Crippen MR) is 89.4 cm³/mol. The minimum Gasteiger partial charge on any atom is -0.482 e. The molecule has 0 saturated heterocycles. The Morgan fingerprint density at radius 3 is 2.88 bits per heavy atom. The van der Waals surface area contributed by atoms with Gasteiger partial charge in [-0.2, -0.15) is 0 Å². The molecule has 24 heavy (non-hydrogen) atoms. The fourth-order valence-corrected chi connectivity index (χ4v) is 2.86. The Morgan fingerprint density at radius 2 is 2.12 bits per heavy atom. The van der Waals surface area contributed by atoms with E-state index < -0.39 is 11.6 Å². The van der Waals surface area contributed by atoms with Crippen molar-refractivity contribution in [3.63, 3.8) is 0 Å². The number of hydrogen-bond acceptors (Lipinski definition) is 3. The summed E-state index contributed by atoms with van der Waals surface area (Å²) in [6, 6.07) is 7.69. The lowest BCUT2D eigenvalue weighted by Crippen LogP contribution is -2.25. The SMILES string of the molecule is CCCc1ccc(Cl)c(C(=O)c2ccc3c(c2)OCC(=O)N3)c1F. The first kappa shape index (κ1) is 16.5. The molecule has 0 aliphatic carbocycles. The van der Waals surface area contributed by atoms with Crippen LogP contribution in [-0.4, -0.2) is 18.3 Å². The van der Waals surface area contributed by atoms with Gasteiger partial charge < -0.3 is 10.1 Å². The summed E-state index contributed by atoms with van der Waals surface area (Å²) in [5, 5.41) is 2.71. The van der Waals surface area contributed by atoms with Gasteiger partial charge in [0.1, 0.15) is 11.6 Å². The van der Waals surface area contributed by atoms with Crippen molar-refractivity contribution in [1.82, 2.24) is 0 Å². The van der Waals surface area contributed by atoms with Gasteiger partial charge in [-0.3, -0.25) is 9.59 Å². The maximum atomic E-state index is 14.7. The van der Waals surface area contributed by atoms with Crippen LogP contribution in [0, 0.1) is 5.82 Å². The van der Waals surface area contributed by atoms with Crippen molar-refractivity contribution in [3.05, 3.63) is 57.9 Å². The van der Waals surface area contributed by atoms with Crippen LogP contribution in [-0.2, 0) is 11.2 Å². The van der Waals surface area contributed by atoms with Gasteiger partial charge in [0.15, 0.2) is 12.4 Å². The van der Waals surface area contributed by atoms with E-state index in [9.17, 15) is 14.0 Å². The van der Waals surface area contributed by atoms with Crippen LogP contribution in [0.25, 0.3) is 0 Å². The number of aryl methyl sites for hydroxylation is 1.